The molecule has 106 valence electrons. The average molecular weight is 254 g/mol. The molecule has 3 nitrogen and oxygen atoms in total. The third-order valence-electron chi connectivity index (χ3n) is 4.49. The van der Waals surface area contributed by atoms with Crippen LogP contribution in [0.25, 0.3) is 0 Å². The van der Waals surface area contributed by atoms with Crippen molar-refractivity contribution in [3.8, 4) is 0 Å². The molecule has 2 unspecified atom stereocenters. The van der Waals surface area contributed by atoms with E-state index in [1.165, 1.54) is 71.2 Å². The van der Waals surface area contributed by atoms with Crippen LogP contribution in [0.3, 0.4) is 0 Å². The Balaban J connectivity index is 1.57. The van der Waals surface area contributed by atoms with Crippen molar-refractivity contribution < 1.29 is 4.74 Å². The highest BCUT2D eigenvalue weighted by molar-refractivity contribution is 4.74. The molecule has 18 heavy (non-hydrogen) atoms. The first kappa shape index (κ1) is 14.3. The fourth-order valence-corrected chi connectivity index (χ4v) is 3.50. The van der Waals surface area contributed by atoms with Gasteiger partial charge in [0.15, 0.2) is 0 Å². The number of rotatable bonds is 6. The topological polar surface area (TPSA) is 24.5 Å². The molecule has 0 radical (unpaired) electrons. The van der Waals surface area contributed by atoms with Gasteiger partial charge in [0.25, 0.3) is 0 Å². The van der Waals surface area contributed by atoms with Gasteiger partial charge in [0.05, 0.1) is 6.61 Å². The SMILES string of the molecule is COCC1CCCN(CCCC2CCCNC2)C1. The molecule has 2 fully saturated rings. The van der Waals surface area contributed by atoms with Gasteiger partial charge >= 0.3 is 0 Å². The number of methoxy groups -OCH3 is 1. The Morgan fingerprint density at radius 2 is 2.11 bits per heavy atom. The van der Waals surface area contributed by atoms with Crippen LogP contribution in [-0.4, -0.2) is 51.3 Å². The van der Waals surface area contributed by atoms with Crippen LogP contribution in [0.5, 0.6) is 0 Å². The number of likely N-dealkylation sites (tertiary alicyclic amines) is 1. The molecule has 2 aliphatic heterocycles. The Labute approximate surface area is 112 Å². The maximum absolute atomic E-state index is 5.29. The van der Waals surface area contributed by atoms with Crippen LogP contribution < -0.4 is 5.32 Å². The Morgan fingerprint density at radius 1 is 1.22 bits per heavy atom. The van der Waals surface area contributed by atoms with Gasteiger partial charge in [-0.2, -0.15) is 0 Å². The fourth-order valence-electron chi connectivity index (χ4n) is 3.50. The van der Waals surface area contributed by atoms with Gasteiger partial charge in [-0.15, -0.1) is 0 Å². The predicted molar refractivity (Wildman–Crippen MR) is 75.9 cm³/mol. The molecule has 2 aliphatic rings. The summed E-state index contributed by atoms with van der Waals surface area (Å²) in [7, 11) is 1.83. The molecule has 2 saturated heterocycles. The van der Waals surface area contributed by atoms with Gasteiger partial charge in [-0.1, -0.05) is 0 Å². The van der Waals surface area contributed by atoms with E-state index in [0.717, 1.165) is 18.4 Å². The Kier molecular flexibility index (Phi) is 6.46. The molecule has 0 aromatic carbocycles. The zero-order valence-corrected chi connectivity index (χ0v) is 12.0. The largest absolute Gasteiger partial charge is 0.384 e. The summed E-state index contributed by atoms with van der Waals surface area (Å²) in [5.74, 6) is 1.72. The third kappa shape index (κ3) is 4.87. The minimum atomic E-state index is 0.778. The minimum absolute atomic E-state index is 0.778. The fraction of sp³-hybridized carbons (Fsp3) is 1.00. The van der Waals surface area contributed by atoms with E-state index in [2.05, 4.69) is 10.2 Å². The molecule has 0 bridgehead atoms. The first-order valence-corrected chi connectivity index (χ1v) is 7.80. The van der Waals surface area contributed by atoms with Gasteiger partial charge in [-0.3, -0.25) is 0 Å². The summed E-state index contributed by atoms with van der Waals surface area (Å²) in [6.45, 7) is 7.31. The van der Waals surface area contributed by atoms with Crippen LogP contribution in [0.2, 0.25) is 0 Å². The Bertz CT molecular complexity index is 215. The lowest BCUT2D eigenvalue weighted by Crippen LogP contribution is -2.38. The first-order chi connectivity index (χ1) is 8.88. The van der Waals surface area contributed by atoms with E-state index in [0.29, 0.717) is 0 Å². The van der Waals surface area contributed by atoms with Crippen molar-refractivity contribution in [2.75, 3.05) is 46.4 Å². The number of nitrogens with zero attached hydrogens (tertiary/aromatic N) is 1. The molecule has 0 saturated carbocycles. The number of hydrogen-bond acceptors (Lipinski definition) is 3. The van der Waals surface area contributed by atoms with Gasteiger partial charge in [-0.25, -0.2) is 0 Å². The van der Waals surface area contributed by atoms with Crippen molar-refractivity contribution in [1.29, 1.82) is 0 Å². The van der Waals surface area contributed by atoms with E-state index in [-0.39, 0.29) is 0 Å². The molecular formula is C15H30N2O. The summed E-state index contributed by atoms with van der Waals surface area (Å²) < 4.78 is 5.29. The van der Waals surface area contributed by atoms with E-state index in [1.54, 1.807) is 0 Å². The minimum Gasteiger partial charge on any atom is -0.384 e. The highest BCUT2D eigenvalue weighted by atomic mass is 16.5. The molecule has 0 spiro atoms. The average Bonchev–Trinajstić information content (AvgIpc) is 2.41. The quantitative estimate of drug-likeness (QED) is 0.786. The lowest BCUT2D eigenvalue weighted by Gasteiger charge is -2.33. The van der Waals surface area contributed by atoms with Gasteiger partial charge in [-0.05, 0) is 76.5 Å². The summed E-state index contributed by atoms with van der Waals surface area (Å²) in [6.07, 6.45) is 8.34. The monoisotopic (exact) mass is 254 g/mol. The van der Waals surface area contributed by atoms with E-state index in [9.17, 15) is 0 Å². The molecule has 0 aromatic rings. The molecular weight excluding hydrogens is 224 g/mol. The summed E-state index contributed by atoms with van der Waals surface area (Å²) >= 11 is 0. The number of hydrogen-bond donors (Lipinski definition) is 1. The predicted octanol–water partition coefficient (Wildman–Crippen LogP) is 2.12. The van der Waals surface area contributed by atoms with Crippen LogP contribution in [0.1, 0.15) is 38.5 Å². The smallest absolute Gasteiger partial charge is 0.0502 e. The normalized spacial score (nSPS) is 30.5. The van der Waals surface area contributed by atoms with Crippen LogP contribution in [0, 0.1) is 11.8 Å². The van der Waals surface area contributed by atoms with Crippen molar-refractivity contribution in [3.63, 3.8) is 0 Å². The van der Waals surface area contributed by atoms with Gasteiger partial charge in [0.2, 0.25) is 0 Å². The zero-order valence-electron chi connectivity index (χ0n) is 12.0. The summed E-state index contributed by atoms with van der Waals surface area (Å²) in [4.78, 5) is 2.66. The molecule has 2 heterocycles. The molecule has 3 heteroatoms. The van der Waals surface area contributed by atoms with Crippen LogP contribution in [0.15, 0.2) is 0 Å². The van der Waals surface area contributed by atoms with Gasteiger partial charge < -0.3 is 15.0 Å². The maximum Gasteiger partial charge on any atom is 0.0502 e. The molecule has 0 amide bonds. The Morgan fingerprint density at radius 3 is 2.89 bits per heavy atom. The number of piperidine rings is 2. The van der Waals surface area contributed by atoms with Crippen molar-refractivity contribution in [1.82, 2.24) is 10.2 Å². The van der Waals surface area contributed by atoms with Crippen LogP contribution >= 0.6 is 0 Å². The Hall–Kier alpha value is -0.120. The highest BCUT2D eigenvalue weighted by Crippen LogP contribution is 2.19. The second-order valence-electron chi connectivity index (χ2n) is 6.12. The van der Waals surface area contributed by atoms with Gasteiger partial charge in [0.1, 0.15) is 0 Å². The van der Waals surface area contributed by atoms with Crippen molar-refractivity contribution in [2.24, 2.45) is 11.8 Å². The number of ether oxygens (including phenoxy) is 1. The molecule has 2 rings (SSSR count). The molecule has 0 aliphatic carbocycles. The van der Waals surface area contributed by atoms with E-state index in [1.807, 2.05) is 7.11 Å². The number of nitrogens with one attached hydrogen (secondary N) is 1. The second-order valence-corrected chi connectivity index (χ2v) is 6.12. The maximum atomic E-state index is 5.29. The van der Waals surface area contributed by atoms with Crippen LogP contribution in [0.4, 0.5) is 0 Å². The summed E-state index contributed by atoms with van der Waals surface area (Å²) in [5.41, 5.74) is 0. The lowest BCUT2D eigenvalue weighted by molar-refractivity contribution is 0.0890. The zero-order chi connectivity index (χ0) is 12.6. The van der Waals surface area contributed by atoms with E-state index in [4.69, 9.17) is 4.74 Å². The van der Waals surface area contributed by atoms with Crippen molar-refractivity contribution in [2.45, 2.75) is 38.5 Å². The third-order valence-corrected chi connectivity index (χ3v) is 4.49. The molecule has 2 atom stereocenters. The van der Waals surface area contributed by atoms with E-state index >= 15 is 0 Å². The standard InChI is InChI=1S/C15H30N2O/c1-18-13-15-7-4-10-17(12-15)9-3-6-14-5-2-8-16-11-14/h14-16H,2-13H2,1H3. The first-order valence-electron chi connectivity index (χ1n) is 7.80. The molecule has 0 aromatic heterocycles. The van der Waals surface area contributed by atoms with Gasteiger partial charge in [0, 0.05) is 13.7 Å². The molecule has 1 N–H and O–H groups in total. The van der Waals surface area contributed by atoms with Crippen LogP contribution in [-0.2, 0) is 4.74 Å². The second kappa shape index (κ2) is 8.13. The highest BCUT2D eigenvalue weighted by Gasteiger charge is 2.20. The van der Waals surface area contributed by atoms with Crippen molar-refractivity contribution >= 4 is 0 Å². The summed E-state index contributed by atoms with van der Waals surface area (Å²) in [6, 6.07) is 0. The van der Waals surface area contributed by atoms with Crippen molar-refractivity contribution in [3.05, 3.63) is 0 Å². The van der Waals surface area contributed by atoms with E-state index < -0.39 is 0 Å². The summed E-state index contributed by atoms with van der Waals surface area (Å²) in [5, 5.41) is 3.52. The lowest BCUT2D eigenvalue weighted by atomic mass is 9.94.